The average Bonchev–Trinajstić information content (AvgIpc) is 2.63. The molecule has 5 heteroatoms. The Balaban J connectivity index is 1.83. The number of unbranched alkanes of at least 4 members (excludes halogenated alkanes) is 3. The van der Waals surface area contributed by atoms with Crippen LogP contribution in [0.2, 0.25) is 0 Å². The molecule has 2 aromatic heterocycles. The van der Waals surface area contributed by atoms with E-state index in [0.717, 1.165) is 45.2 Å². The number of hydrogen-bond donors (Lipinski definition) is 2. The lowest BCUT2D eigenvalue weighted by Gasteiger charge is -2.02. The highest BCUT2D eigenvalue weighted by Crippen LogP contribution is 2.15. The number of hydrogen-bond acceptors (Lipinski definition) is 3. The molecule has 0 unspecified atom stereocenters. The molecule has 2 aromatic rings. The van der Waals surface area contributed by atoms with Gasteiger partial charge in [0.15, 0.2) is 24.8 Å². The first kappa shape index (κ1) is 18.5. The van der Waals surface area contributed by atoms with Crippen molar-refractivity contribution in [2.45, 2.75) is 45.2 Å². The van der Waals surface area contributed by atoms with Crippen LogP contribution in [0.1, 0.15) is 32.1 Å². The molecule has 2 heterocycles. The van der Waals surface area contributed by atoms with Crippen molar-refractivity contribution in [3.63, 3.8) is 0 Å². The first-order valence-electron chi connectivity index (χ1n) is 8.69. The highest BCUT2D eigenvalue weighted by Gasteiger charge is 2.05. The lowest BCUT2D eigenvalue weighted by atomic mass is 10.1. The fraction of sp³-hybridized carbons (Fsp3) is 0.474. The van der Waals surface area contributed by atoms with Crippen molar-refractivity contribution in [3.05, 3.63) is 49.1 Å². The molecule has 0 aliphatic heterocycles. The number of aromatic nitrogens is 2. The van der Waals surface area contributed by atoms with Gasteiger partial charge in [0.1, 0.15) is 13.1 Å². The third kappa shape index (κ3) is 6.35. The summed E-state index contributed by atoms with van der Waals surface area (Å²) in [6, 6.07) is 8.55. The molecular weight excluding hydrogens is 304 g/mol. The first-order valence-corrected chi connectivity index (χ1v) is 8.69. The fourth-order valence-corrected chi connectivity index (χ4v) is 2.64. The van der Waals surface area contributed by atoms with Crippen LogP contribution in [0, 0.1) is 0 Å². The number of aryl methyl sites for hydroxylation is 2. The predicted octanol–water partition coefficient (Wildman–Crippen LogP) is 2.36. The molecule has 2 rings (SSSR count). The van der Waals surface area contributed by atoms with Gasteiger partial charge < -0.3 is 5.11 Å². The van der Waals surface area contributed by atoms with Gasteiger partial charge in [-0.2, -0.15) is 0 Å². The minimum absolute atomic E-state index is 0.262. The molecule has 0 saturated heterocycles. The van der Waals surface area contributed by atoms with Crippen molar-refractivity contribution in [1.82, 2.24) is 0 Å². The van der Waals surface area contributed by atoms with Gasteiger partial charge in [-0.15, -0.1) is 0 Å². The van der Waals surface area contributed by atoms with E-state index in [4.69, 9.17) is 10.4 Å². The zero-order valence-corrected chi connectivity index (χ0v) is 14.2. The van der Waals surface area contributed by atoms with E-state index < -0.39 is 0 Å². The Morgan fingerprint density at radius 2 is 1.21 bits per heavy atom. The van der Waals surface area contributed by atoms with Crippen molar-refractivity contribution in [3.8, 4) is 11.1 Å². The molecule has 0 aliphatic carbocycles. The van der Waals surface area contributed by atoms with Crippen LogP contribution < -0.4 is 9.13 Å². The summed E-state index contributed by atoms with van der Waals surface area (Å²) >= 11 is 0. The maximum atomic E-state index is 8.82. The standard InChI is InChI=1S/C19H27N2O3/c22-16-4-3-11-21-14-8-19(9-15-21)18-6-12-20(13-7-18)10-2-1-5-17-24-23/h6-9,12-15,22H,1-5,10-11,16-17H2/q+1/p+1. The number of rotatable bonds is 11. The van der Waals surface area contributed by atoms with Crippen LogP contribution in [0.15, 0.2) is 49.1 Å². The number of aliphatic hydroxyl groups is 1. The van der Waals surface area contributed by atoms with E-state index in [9.17, 15) is 0 Å². The molecule has 130 valence electrons. The smallest absolute Gasteiger partial charge is 0.169 e. The summed E-state index contributed by atoms with van der Waals surface area (Å²) in [5.74, 6) is 0. The fourth-order valence-electron chi connectivity index (χ4n) is 2.64. The number of aliphatic hydroxyl groups excluding tert-OH is 1. The number of nitrogens with zero attached hydrogens (tertiary/aromatic N) is 2. The monoisotopic (exact) mass is 332 g/mol. The molecule has 0 radical (unpaired) electrons. The Kier molecular flexibility index (Phi) is 8.38. The summed E-state index contributed by atoms with van der Waals surface area (Å²) in [5, 5.41) is 17.1. The van der Waals surface area contributed by atoms with Gasteiger partial charge in [0.2, 0.25) is 0 Å². The van der Waals surface area contributed by atoms with E-state index in [1.165, 1.54) is 11.1 Å². The van der Waals surface area contributed by atoms with Gasteiger partial charge in [-0.05, 0) is 30.4 Å². The van der Waals surface area contributed by atoms with Gasteiger partial charge in [0.05, 0.1) is 6.61 Å². The Morgan fingerprint density at radius 3 is 1.67 bits per heavy atom. The molecular formula is C19H28N2O3+2. The molecule has 0 spiro atoms. The van der Waals surface area contributed by atoms with E-state index in [1.807, 2.05) is 0 Å². The number of pyridine rings is 2. The summed E-state index contributed by atoms with van der Waals surface area (Å²) in [6.07, 6.45) is 13.3. The second-order valence-electron chi connectivity index (χ2n) is 5.97. The lowest BCUT2D eigenvalue weighted by Crippen LogP contribution is -2.33. The largest absolute Gasteiger partial charge is 0.396 e. The topological polar surface area (TPSA) is 57.5 Å². The minimum atomic E-state index is 0.262. The summed E-state index contributed by atoms with van der Waals surface area (Å²) in [5.41, 5.74) is 2.42. The van der Waals surface area contributed by atoms with E-state index >= 15 is 0 Å². The molecule has 0 aliphatic rings. The second kappa shape index (κ2) is 10.9. The molecule has 0 saturated carbocycles. The van der Waals surface area contributed by atoms with Crippen molar-refractivity contribution >= 4 is 0 Å². The van der Waals surface area contributed by atoms with Crippen molar-refractivity contribution in [1.29, 1.82) is 0 Å². The van der Waals surface area contributed by atoms with Crippen LogP contribution in [-0.4, -0.2) is 23.6 Å². The Hall–Kier alpha value is -1.82. The van der Waals surface area contributed by atoms with E-state index in [0.29, 0.717) is 6.61 Å². The van der Waals surface area contributed by atoms with Crippen molar-refractivity contribution < 1.29 is 24.4 Å². The van der Waals surface area contributed by atoms with Crippen molar-refractivity contribution in [2.24, 2.45) is 0 Å². The first-order chi connectivity index (χ1) is 11.8. The maximum absolute atomic E-state index is 8.82. The maximum Gasteiger partial charge on any atom is 0.169 e. The molecule has 0 fully saturated rings. The van der Waals surface area contributed by atoms with Crippen LogP contribution >= 0.6 is 0 Å². The Labute approximate surface area is 143 Å². The highest BCUT2D eigenvalue weighted by atomic mass is 17.1. The third-order valence-electron chi connectivity index (χ3n) is 4.09. The Bertz CT molecular complexity index is 570. The summed E-state index contributed by atoms with van der Waals surface area (Å²) in [4.78, 5) is 4.07. The summed E-state index contributed by atoms with van der Waals surface area (Å²) in [7, 11) is 0. The highest BCUT2D eigenvalue weighted by molar-refractivity contribution is 5.60. The molecule has 0 aromatic carbocycles. The van der Waals surface area contributed by atoms with Crippen molar-refractivity contribution in [2.75, 3.05) is 13.2 Å². The van der Waals surface area contributed by atoms with E-state index in [1.54, 1.807) is 0 Å². The SMILES string of the molecule is OCCCC[n+]1ccc(-c2cc[n+](CCCCCOO)cc2)cc1. The van der Waals surface area contributed by atoms with Gasteiger partial charge >= 0.3 is 0 Å². The van der Waals surface area contributed by atoms with Crippen LogP contribution in [-0.2, 0) is 18.0 Å². The molecule has 0 bridgehead atoms. The zero-order valence-electron chi connectivity index (χ0n) is 14.2. The van der Waals surface area contributed by atoms with Gasteiger partial charge in [0, 0.05) is 43.7 Å². The van der Waals surface area contributed by atoms with Crippen LogP contribution in [0.5, 0.6) is 0 Å². The molecule has 2 N–H and O–H groups in total. The normalized spacial score (nSPS) is 10.9. The molecule has 24 heavy (non-hydrogen) atoms. The van der Waals surface area contributed by atoms with E-state index in [-0.39, 0.29) is 6.61 Å². The van der Waals surface area contributed by atoms with Gasteiger partial charge in [-0.1, -0.05) is 0 Å². The lowest BCUT2D eigenvalue weighted by molar-refractivity contribution is -0.697. The average molecular weight is 332 g/mol. The van der Waals surface area contributed by atoms with Crippen LogP contribution in [0.4, 0.5) is 0 Å². The van der Waals surface area contributed by atoms with Gasteiger partial charge in [-0.3, -0.25) is 5.26 Å². The third-order valence-corrected chi connectivity index (χ3v) is 4.09. The van der Waals surface area contributed by atoms with Gasteiger partial charge in [-0.25, -0.2) is 14.0 Å². The van der Waals surface area contributed by atoms with Crippen LogP contribution in [0.25, 0.3) is 11.1 Å². The second-order valence-corrected chi connectivity index (χ2v) is 5.97. The summed E-state index contributed by atoms with van der Waals surface area (Å²) < 4.78 is 4.33. The summed E-state index contributed by atoms with van der Waals surface area (Å²) in [6.45, 7) is 2.60. The quantitative estimate of drug-likeness (QED) is 0.287. The van der Waals surface area contributed by atoms with Crippen LogP contribution in [0.3, 0.4) is 0 Å². The molecule has 0 amide bonds. The Morgan fingerprint density at radius 1 is 0.708 bits per heavy atom. The van der Waals surface area contributed by atoms with E-state index in [2.05, 4.69) is 63.1 Å². The molecule has 0 atom stereocenters. The zero-order chi connectivity index (χ0) is 17.0. The molecule has 5 nitrogen and oxygen atoms in total. The van der Waals surface area contributed by atoms with Gasteiger partial charge in [0.25, 0.3) is 0 Å². The minimum Gasteiger partial charge on any atom is -0.396 e. The predicted molar refractivity (Wildman–Crippen MR) is 91.0 cm³/mol.